The molecule has 0 aliphatic heterocycles. The van der Waals surface area contributed by atoms with Gasteiger partial charge in [0.2, 0.25) is 11.8 Å². The number of hydrogen-bond donors (Lipinski definition) is 1. The van der Waals surface area contributed by atoms with Crippen molar-refractivity contribution in [1.82, 2.24) is 4.90 Å². The van der Waals surface area contributed by atoms with Crippen molar-refractivity contribution in [3.05, 3.63) is 59.2 Å². The second-order valence-electron chi connectivity index (χ2n) is 6.42. The van der Waals surface area contributed by atoms with Gasteiger partial charge >= 0.3 is 0 Å². The molecule has 0 spiro atoms. The number of ether oxygens (including phenoxy) is 1. The third-order valence-corrected chi connectivity index (χ3v) is 4.31. The summed E-state index contributed by atoms with van der Waals surface area (Å²) < 4.78 is 5.19. The highest BCUT2D eigenvalue weighted by Gasteiger charge is 2.14. The Balaban J connectivity index is 1.87. The summed E-state index contributed by atoms with van der Waals surface area (Å²) in [5.41, 5.74) is 3.86. The van der Waals surface area contributed by atoms with Crippen molar-refractivity contribution in [2.45, 2.75) is 26.7 Å². The molecule has 5 heteroatoms. The van der Waals surface area contributed by atoms with E-state index in [9.17, 15) is 9.59 Å². The van der Waals surface area contributed by atoms with E-state index >= 15 is 0 Å². The van der Waals surface area contributed by atoms with E-state index in [1.165, 1.54) is 4.90 Å². The second-order valence-corrected chi connectivity index (χ2v) is 6.42. The number of rotatable bonds is 7. The quantitative estimate of drug-likeness (QED) is 0.830. The summed E-state index contributed by atoms with van der Waals surface area (Å²) in [6.07, 6.45) is 0.958. The van der Waals surface area contributed by atoms with E-state index in [1.54, 1.807) is 14.2 Å². The molecule has 0 aliphatic rings. The smallest absolute Gasteiger partial charge is 0.243 e. The van der Waals surface area contributed by atoms with Crippen molar-refractivity contribution in [3.63, 3.8) is 0 Å². The average Bonchev–Trinajstić information content (AvgIpc) is 2.63. The van der Waals surface area contributed by atoms with E-state index in [1.807, 2.05) is 56.3 Å². The molecule has 2 aromatic carbocycles. The van der Waals surface area contributed by atoms with Gasteiger partial charge in [0.15, 0.2) is 0 Å². The predicted molar refractivity (Wildman–Crippen MR) is 103 cm³/mol. The Hall–Kier alpha value is -2.82. The topological polar surface area (TPSA) is 58.6 Å². The number of carbonyl (C=O) groups excluding carboxylic acids is 2. The van der Waals surface area contributed by atoms with E-state index in [0.717, 1.165) is 28.1 Å². The number of nitrogens with one attached hydrogen (secondary N) is 1. The Bertz CT molecular complexity index is 766. The molecule has 2 amide bonds. The number of hydrogen-bond acceptors (Lipinski definition) is 3. The van der Waals surface area contributed by atoms with Crippen LogP contribution in [0.5, 0.6) is 5.75 Å². The van der Waals surface area contributed by atoms with Gasteiger partial charge in [-0.1, -0.05) is 30.3 Å². The third-order valence-electron chi connectivity index (χ3n) is 4.31. The highest BCUT2D eigenvalue weighted by Crippen LogP contribution is 2.19. The van der Waals surface area contributed by atoms with Crippen molar-refractivity contribution in [2.75, 3.05) is 26.0 Å². The SMILES string of the molecule is COc1cccc(CCC(=O)N(C)CC(=O)Nc2c(C)cccc2C)c1. The fourth-order valence-corrected chi connectivity index (χ4v) is 2.76. The van der Waals surface area contributed by atoms with Gasteiger partial charge < -0.3 is 15.0 Å². The van der Waals surface area contributed by atoms with E-state index < -0.39 is 0 Å². The molecule has 0 saturated heterocycles. The van der Waals surface area contributed by atoms with Crippen LogP contribution in [0.4, 0.5) is 5.69 Å². The number of para-hydroxylation sites is 1. The van der Waals surface area contributed by atoms with Gasteiger partial charge in [0.25, 0.3) is 0 Å². The second kappa shape index (κ2) is 9.04. The normalized spacial score (nSPS) is 10.3. The molecule has 0 fully saturated rings. The number of aryl methyl sites for hydroxylation is 3. The van der Waals surface area contributed by atoms with Gasteiger partial charge in [-0.3, -0.25) is 9.59 Å². The minimum absolute atomic E-state index is 0.0325. The van der Waals surface area contributed by atoms with Gasteiger partial charge in [-0.15, -0.1) is 0 Å². The van der Waals surface area contributed by atoms with E-state index in [-0.39, 0.29) is 18.4 Å². The number of likely N-dealkylation sites (N-methyl/N-ethyl adjacent to an activating group) is 1. The Morgan fingerprint density at radius 2 is 1.73 bits per heavy atom. The fourth-order valence-electron chi connectivity index (χ4n) is 2.76. The number of benzene rings is 2. The molecule has 26 heavy (non-hydrogen) atoms. The van der Waals surface area contributed by atoms with Crippen LogP contribution in [-0.2, 0) is 16.0 Å². The third kappa shape index (κ3) is 5.34. The van der Waals surface area contributed by atoms with Crippen LogP contribution in [0.25, 0.3) is 0 Å². The molecule has 0 heterocycles. The summed E-state index contributed by atoms with van der Waals surface area (Å²) >= 11 is 0. The maximum Gasteiger partial charge on any atom is 0.243 e. The van der Waals surface area contributed by atoms with Crippen LogP contribution in [0, 0.1) is 13.8 Å². The first-order chi connectivity index (χ1) is 12.4. The summed E-state index contributed by atoms with van der Waals surface area (Å²) in [4.78, 5) is 26.0. The molecule has 2 rings (SSSR count). The Labute approximate surface area is 155 Å². The monoisotopic (exact) mass is 354 g/mol. The molecule has 0 unspecified atom stereocenters. The van der Waals surface area contributed by atoms with Crippen LogP contribution in [-0.4, -0.2) is 37.4 Å². The maximum absolute atomic E-state index is 12.3. The van der Waals surface area contributed by atoms with Gasteiger partial charge in [0, 0.05) is 19.2 Å². The minimum Gasteiger partial charge on any atom is -0.497 e. The van der Waals surface area contributed by atoms with Crippen LogP contribution >= 0.6 is 0 Å². The molecule has 0 atom stereocenters. The van der Waals surface area contributed by atoms with Crippen LogP contribution in [0.15, 0.2) is 42.5 Å². The van der Waals surface area contributed by atoms with Crippen molar-refractivity contribution in [3.8, 4) is 5.75 Å². The number of anilines is 1. The van der Waals surface area contributed by atoms with Crippen LogP contribution in [0.1, 0.15) is 23.1 Å². The van der Waals surface area contributed by atoms with Gasteiger partial charge in [0.05, 0.1) is 13.7 Å². The van der Waals surface area contributed by atoms with Crippen LogP contribution in [0.3, 0.4) is 0 Å². The van der Waals surface area contributed by atoms with Crippen LogP contribution in [0.2, 0.25) is 0 Å². The largest absolute Gasteiger partial charge is 0.497 e. The summed E-state index contributed by atoms with van der Waals surface area (Å²) in [5, 5.41) is 2.90. The lowest BCUT2D eigenvalue weighted by atomic mass is 10.1. The highest BCUT2D eigenvalue weighted by atomic mass is 16.5. The van der Waals surface area contributed by atoms with Gasteiger partial charge in [-0.05, 0) is 49.1 Å². The molecule has 1 N–H and O–H groups in total. The summed E-state index contributed by atoms with van der Waals surface area (Å²) in [7, 11) is 3.27. The number of carbonyl (C=O) groups is 2. The molecule has 0 radical (unpaired) electrons. The van der Waals surface area contributed by atoms with Crippen molar-refractivity contribution in [1.29, 1.82) is 0 Å². The molecule has 138 valence electrons. The van der Waals surface area contributed by atoms with Gasteiger partial charge in [-0.25, -0.2) is 0 Å². The lowest BCUT2D eigenvalue weighted by molar-refractivity contribution is -0.133. The molecule has 0 bridgehead atoms. The molecule has 0 aromatic heterocycles. The van der Waals surface area contributed by atoms with E-state index in [4.69, 9.17) is 4.74 Å². The molecule has 2 aromatic rings. The van der Waals surface area contributed by atoms with Crippen molar-refractivity contribution in [2.24, 2.45) is 0 Å². The van der Waals surface area contributed by atoms with Gasteiger partial charge in [-0.2, -0.15) is 0 Å². The average molecular weight is 354 g/mol. The van der Waals surface area contributed by atoms with E-state index in [2.05, 4.69) is 5.32 Å². The first-order valence-corrected chi connectivity index (χ1v) is 8.63. The summed E-state index contributed by atoms with van der Waals surface area (Å²) in [6, 6.07) is 13.5. The molecule has 0 saturated carbocycles. The number of methoxy groups -OCH3 is 1. The molecule has 0 aliphatic carbocycles. The zero-order chi connectivity index (χ0) is 19.1. The maximum atomic E-state index is 12.3. The minimum atomic E-state index is -0.195. The zero-order valence-corrected chi connectivity index (χ0v) is 15.8. The Morgan fingerprint density at radius 3 is 2.38 bits per heavy atom. The molecular weight excluding hydrogens is 328 g/mol. The first-order valence-electron chi connectivity index (χ1n) is 8.63. The lowest BCUT2D eigenvalue weighted by Gasteiger charge is -2.18. The lowest BCUT2D eigenvalue weighted by Crippen LogP contribution is -2.35. The highest BCUT2D eigenvalue weighted by molar-refractivity contribution is 5.95. The van der Waals surface area contributed by atoms with E-state index in [0.29, 0.717) is 12.8 Å². The Kier molecular flexibility index (Phi) is 6.78. The zero-order valence-electron chi connectivity index (χ0n) is 15.8. The van der Waals surface area contributed by atoms with Crippen molar-refractivity contribution < 1.29 is 14.3 Å². The number of nitrogens with zero attached hydrogens (tertiary/aromatic N) is 1. The summed E-state index contributed by atoms with van der Waals surface area (Å²) in [6.45, 7) is 3.93. The fraction of sp³-hybridized carbons (Fsp3) is 0.333. The Morgan fingerprint density at radius 1 is 1.08 bits per heavy atom. The molecular formula is C21H26N2O3. The molecule has 5 nitrogen and oxygen atoms in total. The van der Waals surface area contributed by atoms with Crippen LogP contribution < -0.4 is 10.1 Å². The van der Waals surface area contributed by atoms with Crippen molar-refractivity contribution >= 4 is 17.5 Å². The summed E-state index contributed by atoms with van der Waals surface area (Å²) in [5.74, 6) is 0.514. The number of amides is 2. The predicted octanol–water partition coefficient (Wildman–Crippen LogP) is 3.34. The first kappa shape index (κ1) is 19.5. The van der Waals surface area contributed by atoms with Gasteiger partial charge in [0.1, 0.15) is 5.75 Å². The standard InChI is InChI=1S/C21H26N2O3/c1-15-7-5-8-16(2)21(15)22-19(24)14-23(3)20(25)12-11-17-9-6-10-18(13-17)26-4/h5-10,13H,11-12,14H2,1-4H3,(H,22,24).